The highest BCUT2D eigenvalue weighted by atomic mass is 32.1. The molecule has 2 N–H and O–H groups in total. The van der Waals surface area contributed by atoms with Gasteiger partial charge in [-0.1, -0.05) is 38.1 Å². The van der Waals surface area contributed by atoms with Crippen LogP contribution in [0, 0.1) is 0 Å². The minimum absolute atomic E-state index is 0.215. The topological polar surface area (TPSA) is 40.5 Å². The molecule has 0 atom stereocenters. The van der Waals surface area contributed by atoms with Gasteiger partial charge in [0.2, 0.25) is 0 Å². The average Bonchev–Trinajstić information content (AvgIpc) is 2.60. The van der Waals surface area contributed by atoms with Crippen LogP contribution in [0.3, 0.4) is 0 Å². The monoisotopic (exact) mass is 376 g/mol. The van der Waals surface area contributed by atoms with Gasteiger partial charge in [0.05, 0.1) is 0 Å². The number of hydrogen-bond acceptors (Lipinski definition) is 4. The van der Waals surface area contributed by atoms with E-state index in [1.54, 1.807) is 12.1 Å². The summed E-state index contributed by atoms with van der Waals surface area (Å²) >= 11 is 8.53. The molecule has 0 saturated heterocycles. The van der Waals surface area contributed by atoms with Gasteiger partial charge < -0.3 is 10.2 Å². The molecule has 2 aromatic carbocycles. The van der Waals surface area contributed by atoms with Crippen LogP contribution < -0.4 is 0 Å². The third-order valence-electron chi connectivity index (χ3n) is 4.81. The van der Waals surface area contributed by atoms with Crippen molar-refractivity contribution in [3.63, 3.8) is 0 Å². The van der Waals surface area contributed by atoms with Gasteiger partial charge in [-0.05, 0) is 71.6 Å². The van der Waals surface area contributed by atoms with Gasteiger partial charge in [0, 0.05) is 5.41 Å². The molecule has 2 aromatic rings. The van der Waals surface area contributed by atoms with Crippen LogP contribution in [-0.4, -0.2) is 21.7 Å². The van der Waals surface area contributed by atoms with E-state index in [0.717, 1.165) is 59.4 Å². The Kier molecular flexibility index (Phi) is 7.14. The van der Waals surface area contributed by atoms with Gasteiger partial charge in [0.15, 0.2) is 0 Å². The second-order valence-corrected chi connectivity index (χ2v) is 7.86. The van der Waals surface area contributed by atoms with Crippen LogP contribution in [0.15, 0.2) is 36.4 Å². The lowest BCUT2D eigenvalue weighted by atomic mass is 9.76. The molecule has 0 fully saturated rings. The number of rotatable bonds is 8. The zero-order valence-electron chi connectivity index (χ0n) is 15.0. The summed E-state index contributed by atoms with van der Waals surface area (Å²) in [5.41, 5.74) is 4.03. The molecule has 2 rings (SSSR count). The SMILES string of the molecule is CC(C)(c1ccc(O)c(CCCS)c1)c1ccc(O)c(CCCS)c1. The predicted octanol–water partition coefficient (Wildman–Crippen LogP) is 5.15. The van der Waals surface area contributed by atoms with Gasteiger partial charge >= 0.3 is 0 Å². The third kappa shape index (κ3) is 4.89. The normalized spacial score (nSPS) is 11.7. The Morgan fingerprint density at radius 1 is 0.760 bits per heavy atom. The standard InChI is InChI=1S/C21H28O2S2/c1-21(2,17-7-9-19(22)15(13-17)5-3-11-24)18-8-10-20(23)16(14-18)6-4-12-25/h7-10,13-14,22-25H,3-6,11-12H2,1-2H3. The molecule has 0 radical (unpaired) electrons. The number of phenolic OH excluding ortho intramolecular Hbond substituents is 2. The lowest BCUT2D eigenvalue weighted by Crippen LogP contribution is -2.19. The fraction of sp³-hybridized carbons (Fsp3) is 0.429. The molecule has 0 heterocycles. The van der Waals surface area contributed by atoms with E-state index < -0.39 is 0 Å². The van der Waals surface area contributed by atoms with Crippen LogP contribution in [0.1, 0.15) is 48.9 Å². The number of thiol groups is 2. The number of phenols is 2. The van der Waals surface area contributed by atoms with Crippen LogP contribution in [0.4, 0.5) is 0 Å². The van der Waals surface area contributed by atoms with Crippen molar-refractivity contribution in [1.29, 1.82) is 0 Å². The van der Waals surface area contributed by atoms with Crippen LogP contribution in [0.25, 0.3) is 0 Å². The van der Waals surface area contributed by atoms with Gasteiger partial charge in [0.1, 0.15) is 11.5 Å². The lowest BCUT2D eigenvalue weighted by Gasteiger charge is -2.28. The van der Waals surface area contributed by atoms with Crippen LogP contribution >= 0.6 is 25.3 Å². The maximum absolute atomic E-state index is 10.1. The number of benzene rings is 2. The number of aromatic hydroxyl groups is 2. The van der Waals surface area contributed by atoms with E-state index in [4.69, 9.17) is 0 Å². The minimum atomic E-state index is -0.215. The van der Waals surface area contributed by atoms with Crippen LogP contribution in [-0.2, 0) is 18.3 Å². The summed E-state index contributed by atoms with van der Waals surface area (Å²) in [5, 5.41) is 20.2. The van der Waals surface area contributed by atoms with Crippen LogP contribution in [0.5, 0.6) is 11.5 Å². The van der Waals surface area contributed by atoms with Gasteiger partial charge in [-0.2, -0.15) is 25.3 Å². The highest BCUT2D eigenvalue weighted by Crippen LogP contribution is 2.36. The molecule has 0 amide bonds. The molecule has 4 heteroatoms. The summed E-state index contributed by atoms with van der Waals surface area (Å²) in [4.78, 5) is 0. The lowest BCUT2D eigenvalue weighted by molar-refractivity contribution is 0.466. The van der Waals surface area contributed by atoms with Crippen molar-refractivity contribution in [2.45, 2.75) is 44.9 Å². The summed E-state index contributed by atoms with van der Waals surface area (Å²) in [6, 6.07) is 11.7. The van der Waals surface area contributed by atoms with E-state index in [0.29, 0.717) is 11.5 Å². The molecule has 0 aromatic heterocycles. The summed E-state index contributed by atoms with van der Waals surface area (Å²) < 4.78 is 0. The first kappa shape index (κ1) is 20.1. The van der Waals surface area contributed by atoms with E-state index in [1.165, 1.54) is 0 Å². The van der Waals surface area contributed by atoms with Crippen molar-refractivity contribution in [1.82, 2.24) is 0 Å². The third-order valence-corrected chi connectivity index (χ3v) is 5.44. The van der Waals surface area contributed by atoms with Crippen molar-refractivity contribution in [2.75, 3.05) is 11.5 Å². The minimum Gasteiger partial charge on any atom is -0.508 e. The van der Waals surface area contributed by atoms with Gasteiger partial charge in [-0.25, -0.2) is 0 Å². The maximum Gasteiger partial charge on any atom is 0.118 e. The Labute approximate surface area is 162 Å². The Bertz CT molecular complexity index is 652. The molecule has 0 saturated carbocycles. The first-order valence-electron chi connectivity index (χ1n) is 8.76. The predicted molar refractivity (Wildman–Crippen MR) is 113 cm³/mol. The summed E-state index contributed by atoms with van der Waals surface area (Å²) in [5.74, 6) is 2.31. The molecular formula is C21H28O2S2. The van der Waals surface area contributed by atoms with Crippen molar-refractivity contribution >= 4 is 25.3 Å². The maximum atomic E-state index is 10.1. The molecule has 0 aliphatic heterocycles. The highest BCUT2D eigenvalue weighted by Gasteiger charge is 2.25. The second kappa shape index (κ2) is 8.91. The molecule has 0 bridgehead atoms. The largest absolute Gasteiger partial charge is 0.508 e. The van der Waals surface area contributed by atoms with E-state index in [9.17, 15) is 10.2 Å². The average molecular weight is 377 g/mol. The van der Waals surface area contributed by atoms with Crippen molar-refractivity contribution in [3.05, 3.63) is 58.7 Å². The first-order valence-corrected chi connectivity index (χ1v) is 10.0. The second-order valence-electron chi connectivity index (χ2n) is 6.97. The summed E-state index contributed by atoms with van der Waals surface area (Å²) in [6.07, 6.45) is 3.52. The van der Waals surface area contributed by atoms with Gasteiger partial charge in [-0.15, -0.1) is 0 Å². The van der Waals surface area contributed by atoms with Crippen LogP contribution in [0.2, 0.25) is 0 Å². The zero-order chi connectivity index (χ0) is 18.4. The van der Waals surface area contributed by atoms with E-state index in [2.05, 4.69) is 51.2 Å². The summed E-state index contributed by atoms with van der Waals surface area (Å²) in [7, 11) is 0. The Balaban J connectivity index is 2.37. The molecule has 136 valence electrons. The fourth-order valence-corrected chi connectivity index (χ4v) is 3.37. The summed E-state index contributed by atoms with van der Waals surface area (Å²) in [6.45, 7) is 4.35. The quantitative estimate of drug-likeness (QED) is 0.481. The van der Waals surface area contributed by atoms with Crippen molar-refractivity contribution in [2.24, 2.45) is 0 Å². The Morgan fingerprint density at radius 3 is 1.52 bits per heavy atom. The molecule has 0 aliphatic carbocycles. The number of aryl methyl sites for hydroxylation is 2. The van der Waals surface area contributed by atoms with Gasteiger partial charge in [0.25, 0.3) is 0 Å². The first-order chi connectivity index (χ1) is 11.9. The van der Waals surface area contributed by atoms with Gasteiger partial charge in [-0.3, -0.25) is 0 Å². The van der Waals surface area contributed by atoms with E-state index in [1.807, 2.05) is 12.1 Å². The Morgan fingerprint density at radius 2 is 1.16 bits per heavy atom. The zero-order valence-corrected chi connectivity index (χ0v) is 16.8. The van der Waals surface area contributed by atoms with Crippen molar-refractivity contribution in [3.8, 4) is 11.5 Å². The fourth-order valence-electron chi connectivity index (χ4n) is 3.05. The molecule has 0 spiro atoms. The number of hydrogen-bond donors (Lipinski definition) is 4. The smallest absolute Gasteiger partial charge is 0.118 e. The molecule has 25 heavy (non-hydrogen) atoms. The Hall–Kier alpha value is -1.26. The molecule has 2 nitrogen and oxygen atoms in total. The van der Waals surface area contributed by atoms with E-state index >= 15 is 0 Å². The van der Waals surface area contributed by atoms with E-state index in [-0.39, 0.29) is 5.41 Å². The highest BCUT2D eigenvalue weighted by molar-refractivity contribution is 7.80. The molecule has 0 aliphatic rings. The molecular weight excluding hydrogens is 348 g/mol. The van der Waals surface area contributed by atoms with Crippen molar-refractivity contribution < 1.29 is 10.2 Å². The molecule has 0 unspecified atom stereocenters.